The molecule has 2 amide bonds. The molecule has 0 aromatic heterocycles. The molecule has 2 rings (SSSR count). The first-order valence-corrected chi connectivity index (χ1v) is 7.44. The topological polar surface area (TPSA) is 58.4 Å². The van der Waals surface area contributed by atoms with Crippen LogP contribution in [0.1, 0.15) is 12.8 Å². The lowest BCUT2D eigenvalue weighted by Gasteiger charge is -2.32. The third-order valence-corrected chi connectivity index (χ3v) is 4.18. The average molecular weight is 332 g/mol. The van der Waals surface area contributed by atoms with E-state index in [4.69, 9.17) is 41.2 Å². The summed E-state index contributed by atoms with van der Waals surface area (Å²) in [7, 11) is 0. The minimum atomic E-state index is -0.213. The standard InChI is InChI=1S/C13H15Cl2N3OS/c14-9-3-4-10(15)11(6-9)17-13(19)18-5-1-2-8(7-18)12(16)20/h3-4,6,8H,1-2,5,7H2,(H2,16,20)(H,17,19). The fourth-order valence-corrected chi connectivity index (χ4v) is 2.71. The number of benzene rings is 1. The van der Waals surface area contributed by atoms with Crippen molar-refractivity contribution in [1.82, 2.24) is 4.90 Å². The molecule has 4 nitrogen and oxygen atoms in total. The molecule has 3 N–H and O–H groups in total. The minimum Gasteiger partial charge on any atom is -0.393 e. The average Bonchev–Trinajstić information content (AvgIpc) is 2.43. The second kappa shape index (κ2) is 6.61. The summed E-state index contributed by atoms with van der Waals surface area (Å²) in [5.74, 6) is 0.0827. The first kappa shape index (κ1) is 15.4. The van der Waals surface area contributed by atoms with Crippen LogP contribution < -0.4 is 11.1 Å². The van der Waals surface area contributed by atoms with Crippen molar-refractivity contribution in [3.8, 4) is 0 Å². The van der Waals surface area contributed by atoms with Gasteiger partial charge in [-0.1, -0.05) is 35.4 Å². The number of carbonyl (C=O) groups is 1. The van der Waals surface area contributed by atoms with Crippen molar-refractivity contribution in [3.05, 3.63) is 28.2 Å². The normalized spacial score (nSPS) is 18.7. The van der Waals surface area contributed by atoms with Crippen molar-refractivity contribution in [2.45, 2.75) is 12.8 Å². The number of hydrogen-bond donors (Lipinski definition) is 2. The number of nitrogens with zero attached hydrogens (tertiary/aromatic N) is 1. The molecule has 0 saturated carbocycles. The van der Waals surface area contributed by atoms with Crippen LogP contribution in [0.25, 0.3) is 0 Å². The number of nitrogens with two attached hydrogens (primary N) is 1. The molecule has 1 aromatic rings. The third kappa shape index (κ3) is 3.75. The number of carbonyl (C=O) groups excluding carboxylic acids is 1. The van der Waals surface area contributed by atoms with Gasteiger partial charge in [-0.2, -0.15) is 0 Å². The Hall–Kier alpha value is -1.04. The van der Waals surface area contributed by atoms with E-state index in [1.54, 1.807) is 23.1 Å². The van der Waals surface area contributed by atoms with Crippen LogP contribution in [0.3, 0.4) is 0 Å². The van der Waals surface area contributed by atoms with Crippen LogP contribution in [0.4, 0.5) is 10.5 Å². The molecule has 108 valence electrons. The Morgan fingerprint density at radius 1 is 1.45 bits per heavy atom. The van der Waals surface area contributed by atoms with Gasteiger partial charge in [-0.25, -0.2) is 4.79 Å². The molecule has 1 saturated heterocycles. The Kier molecular flexibility index (Phi) is 5.07. The molecule has 0 aliphatic carbocycles. The number of likely N-dealkylation sites (tertiary alicyclic amines) is 1. The highest BCUT2D eigenvalue weighted by atomic mass is 35.5. The molecule has 1 aliphatic heterocycles. The molecule has 1 aromatic carbocycles. The van der Waals surface area contributed by atoms with E-state index in [-0.39, 0.29) is 11.9 Å². The molecule has 1 fully saturated rings. The lowest BCUT2D eigenvalue weighted by Crippen LogP contribution is -2.45. The van der Waals surface area contributed by atoms with E-state index in [2.05, 4.69) is 5.32 Å². The molecule has 0 bridgehead atoms. The quantitative estimate of drug-likeness (QED) is 0.815. The summed E-state index contributed by atoms with van der Waals surface area (Å²) in [4.78, 5) is 14.4. The molecule has 1 atom stereocenters. The summed E-state index contributed by atoms with van der Waals surface area (Å²) < 4.78 is 0. The molecular weight excluding hydrogens is 317 g/mol. The van der Waals surface area contributed by atoms with Gasteiger partial charge < -0.3 is 16.0 Å². The zero-order valence-corrected chi connectivity index (χ0v) is 13.1. The van der Waals surface area contributed by atoms with Crippen LogP contribution in [-0.4, -0.2) is 29.0 Å². The Bertz CT molecular complexity index is 538. The zero-order valence-electron chi connectivity index (χ0n) is 10.7. The largest absolute Gasteiger partial charge is 0.393 e. The molecule has 0 radical (unpaired) electrons. The second-order valence-electron chi connectivity index (χ2n) is 4.74. The zero-order chi connectivity index (χ0) is 14.7. The molecule has 1 aliphatic rings. The van der Waals surface area contributed by atoms with Gasteiger partial charge >= 0.3 is 6.03 Å². The number of nitrogens with one attached hydrogen (secondary N) is 1. The fraction of sp³-hybridized carbons (Fsp3) is 0.385. The maximum atomic E-state index is 12.2. The summed E-state index contributed by atoms with van der Waals surface area (Å²) >= 11 is 16.9. The number of anilines is 1. The highest BCUT2D eigenvalue weighted by Gasteiger charge is 2.25. The lowest BCUT2D eigenvalue weighted by atomic mass is 9.98. The minimum absolute atomic E-state index is 0.0827. The van der Waals surface area contributed by atoms with Gasteiger partial charge in [-0.3, -0.25) is 0 Å². The van der Waals surface area contributed by atoms with E-state index < -0.39 is 0 Å². The van der Waals surface area contributed by atoms with Crippen molar-refractivity contribution in [2.24, 2.45) is 11.7 Å². The highest BCUT2D eigenvalue weighted by molar-refractivity contribution is 7.80. The van der Waals surface area contributed by atoms with Crippen LogP contribution in [0.5, 0.6) is 0 Å². The van der Waals surface area contributed by atoms with E-state index in [0.717, 1.165) is 12.8 Å². The molecule has 7 heteroatoms. The number of amides is 2. The Labute approximate surface area is 133 Å². The van der Waals surface area contributed by atoms with Gasteiger partial charge in [0, 0.05) is 24.0 Å². The predicted molar refractivity (Wildman–Crippen MR) is 86.6 cm³/mol. The molecule has 0 spiro atoms. The van der Waals surface area contributed by atoms with Crippen molar-refractivity contribution in [2.75, 3.05) is 18.4 Å². The Balaban J connectivity index is 2.04. The van der Waals surface area contributed by atoms with Gasteiger partial charge in [-0.15, -0.1) is 0 Å². The van der Waals surface area contributed by atoms with Gasteiger partial charge in [0.2, 0.25) is 0 Å². The summed E-state index contributed by atoms with van der Waals surface area (Å²) in [6, 6.07) is 4.73. The second-order valence-corrected chi connectivity index (χ2v) is 6.06. The molecular formula is C13H15Cl2N3OS. The van der Waals surface area contributed by atoms with Gasteiger partial charge in [0.1, 0.15) is 0 Å². The maximum Gasteiger partial charge on any atom is 0.321 e. The first-order chi connectivity index (χ1) is 9.47. The van der Waals surface area contributed by atoms with Crippen molar-refractivity contribution in [1.29, 1.82) is 0 Å². The third-order valence-electron chi connectivity index (χ3n) is 3.28. The van der Waals surface area contributed by atoms with Crippen molar-refractivity contribution >= 4 is 52.1 Å². The smallest absolute Gasteiger partial charge is 0.321 e. The summed E-state index contributed by atoms with van der Waals surface area (Å²) in [6.07, 6.45) is 1.82. The first-order valence-electron chi connectivity index (χ1n) is 6.27. The predicted octanol–water partition coefficient (Wildman–Crippen LogP) is 3.52. The monoisotopic (exact) mass is 331 g/mol. The lowest BCUT2D eigenvalue weighted by molar-refractivity contribution is 0.191. The summed E-state index contributed by atoms with van der Waals surface area (Å²) in [6.45, 7) is 1.22. The fourth-order valence-electron chi connectivity index (χ4n) is 2.18. The number of hydrogen-bond acceptors (Lipinski definition) is 2. The van der Waals surface area contributed by atoms with Gasteiger partial charge in [0.25, 0.3) is 0 Å². The van der Waals surface area contributed by atoms with E-state index in [0.29, 0.717) is 33.8 Å². The summed E-state index contributed by atoms with van der Waals surface area (Å²) in [5, 5.41) is 3.73. The van der Waals surface area contributed by atoms with Crippen LogP contribution in [0.15, 0.2) is 18.2 Å². The van der Waals surface area contributed by atoms with Crippen LogP contribution >= 0.6 is 35.4 Å². The van der Waals surface area contributed by atoms with Crippen LogP contribution in [-0.2, 0) is 0 Å². The van der Waals surface area contributed by atoms with E-state index in [9.17, 15) is 4.79 Å². The van der Waals surface area contributed by atoms with Crippen molar-refractivity contribution < 1.29 is 4.79 Å². The number of urea groups is 1. The summed E-state index contributed by atoms with van der Waals surface area (Å²) in [5.41, 5.74) is 6.16. The van der Waals surface area contributed by atoms with Crippen LogP contribution in [0.2, 0.25) is 10.0 Å². The number of rotatable bonds is 2. The van der Waals surface area contributed by atoms with E-state index in [1.807, 2.05) is 0 Å². The van der Waals surface area contributed by atoms with Crippen molar-refractivity contribution in [3.63, 3.8) is 0 Å². The van der Waals surface area contributed by atoms with Gasteiger partial charge in [0.15, 0.2) is 0 Å². The molecule has 1 heterocycles. The maximum absolute atomic E-state index is 12.2. The SMILES string of the molecule is NC(=S)C1CCCN(C(=O)Nc2cc(Cl)ccc2Cl)C1. The van der Waals surface area contributed by atoms with E-state index in [1.165, 1.54) is 0 Å². The Morgan fingerprint density at radius 3 is 2.90 bits per heavy atom. The van der Waals surface area contributed by atoms with Gasteiger partial charge in [-0.05, 0) is 31.0 Å². The highest BCUT2D eigenvalue weighted by Crippen LogP contribution is 2.26. The van der Waals surface area contributed by atoms with Gasteiger partial charge in [0.05, 0.1) is 15.7 Å². The molecule has 1 unspecified atom stereocenters. The van der Waals surface area contributed by atoms with E-state index >= 15 is 0 Å². The molecule has 20 heavy (non-hydrogen) atoms. The number of piperidine rings is 1. The Morgan fingerprint density at radius 2 is 2.20 bits per heavy atom. The number of thiocarbonyl (C=S) groups is 1. The number of halogens is 2. The van der Waals surface area contributed by atoms with Crippen LogP contribution in [0, 0.1) is 5.92 Å².